The van der Waals surface area contributed by atoms with E-state index in [0.717, 1.165) is 45.5 Å². The van der Waals surface area contributed by atoms with Crippen LogP contribution in [0.4, 0.5) is 11.6 Å². The van der Waals surface area contributed by atoms with Gasteiger partial charge >= 0.3 is 0 Å². The van der Waals surface area contributed by atoms with Gasteiger partial charge in [0.05, 0.1) is 34.2 Å². The fourth-order valence-electron chi connectivity index (χ4n) is 3.21. The molecule has 28 heavy (non-hydrogen) atoms. The molecule has 0 atom stereocenters. The van der Waals surface area contributed by atoms with Crippen LogP contribution in [0, 0.1) is 6.92 Å². The lowest BCUT2D eigenvalue weighted by Gasteiger charge is -2.06. The number of rotatable bonds is 4. The average Bonchev–Trinajstić information content (AvgIpc) is 3.32. The van der Waals surface area contributed by atoms with Gasteiger partial charge < -0.3 is 5.32 Å². The third kappa shape index (κ3) is 2.75. The second-order valence-electron chi connectivity index (χ2n) is 6.52. The summed E-state index contributed by atoms with van der Waals surface area (Å²) in [5, 5.41) is 14.1. The van der Waals surface area contributed by atoms with Gasteiger partial charge in [0.25, 0.3) is 0 Å². The van der Waals surface area contributed by atoms with Gasteiger partial charge in [0.1, 0.15) is 0 Å². The molecule has 0 aliphatic heterocycles. The first-order valence-electron chi connectivity index (χ1n) is 9.08. The van der Waals surface area contributed by atoms with Gasteiger partial charge in [-0.15, -0.1) is 0 Å². The van der Waals surface area contributed by atoms with Gasteiger partial charge in [-0.2, -0.15) is 15.2 Å². The molecule has 0 unspecified atom stereocenters. The molecule has 4 aromatic heterocycles. The second-order valence-corrected chi connectivity index (χ2v) is 6.52. The molecule has 138 valence electrons. The predicted octanol–water partition coefficient (Wildman–Crippen LogP) is 3.63. The smallest absolute Gasteiger partial charge is 0.229 e. The number of aryl methyl sites for hydroxylation is 2. The minimum absolute atomic E-state index is 0.506. The number of hydrogen-bond donors (Lipinski definition) is 1. The van der Waals surface area contributed by atoms with Crippen molar-refractivity contribution in [3.05, 3.63) is 60.8 Å². The Hall–Kier alpha value is -3.81. The van der Waals surface area contributed by atoms with Gasteiger partial charge in [-0.1, -0.05) is 6.07 Å². The standard InChI is InChI=1S/C20H18N8/c1-3-27-12-15(10-23-27)24-20-22-11-17-13(2)26-28(19(17)25-20)16-6-7-18-14(9-16)5-4-8-21-18/h4-12H,3H2,1-2H3,(H,22,24,25). The third-order valence-electron chi connectivity index (χ3n) is 4.65. The summed E-state index contributed by atoms with van der Waals surface area (Å²) in [4.78, 5) is 13.5. The molecule has 0 spiro atoms. The molecule has 5 rings (SSSR count). The van der Waals surface area contributed by atoms with Crippen LogP contribution in [0.1, 0.15) is 12.6 Å². The van der Waals surface area contributed by atoms with E-state index in [-0.39, 0.29) is 0 Å². The van der Waals surface area contributed by atoms with Gasteiger partial charge in [-0.25, -0.2) is 9.67 Å². The number of hydrogen-bond acceptors (Lipinski definition) is 6. The first-order valence-corrected chi connectivity index (χ1v) is 9.08. The van der Waals surface area contributed by atoms with Crippen molar-refractivity contribution < 1.29 is 0 Å². The Morgan fingerprint density at radius 2 is 2.04 bits per heavy atom. The van der Waals surface area contributed by atoms with Crippen molar-refractivity contribution in [2.24, 2.45) is 0 Å². The molecule has 5 aromatic rings. The molecule has 0 radical (unpaired) electrons. The van der Waals surface area contributed by atoms with Crippen molar-refractivity contribution >= 4 is 33.6 Å². The van der Waals surface area contributed by atoms with Crippen molar-refractivity contribution in [3.63, 3.8) is 0 Å². The molecule has 0 saturated heterocycles. The highest BCUT2D eigenvalue weighted by Gasteiger charge is 2.13. The summed E-state index contributed by atoms with van der Waals surface area (Å²) in [6, 6.07) is 10.0. The van der Waals surface area contributed by atoms with Crippen LogP contribution in [-0.4, -0.2) is 34.5 Å². The number of fused-ring (bicyclic) bond motifs is 2. The Morgan fingerprint density at radius 3 is 2.89 bits per heavy atom. The number of aromatic nitrogens is 7. The zero-order valence-electron chi connectivity index (χ0n) is 15.5. The Balaban J connectivity index is 1.59. The fourth-order valence-corrected chi connectivity index (χ4v) is 3.21. The first-order chi connectivity index (χ1) is 13.7. The summed E-state index contributed by atoms with van der Waals surface area (Å²) in [7, 11) is 0. The van der Waals surface area contributed by atoms with Crippen LogP contribution in [0.25, 0.3) is 27.6 Å². The van der Waals surface area contributed by atoms with Gasteiger partial charge in [0.2, 0.25) is 5.95 Å². The van der Waals surface area contributed by atoms with E-state index in [1.807, 2.05) is 53.7 Å². The number of benzene rings is 1. The zero-order valence-corrected chi connectivity index (χ0v) is 15.5. The molecule has 0 aliphatic rings. The number of anilines is 2. The van der Waals surface area contributed by atoms with Gasteiger partial charge in [0, 0.05) is 30.5 Å². The van der Waals surface area contributed by atoms with Crippen LogP contribution >= 0.6 is 0 Å². The Bertz CT molecular complexity index is 1300. The Morgan fingerprint density at radius 1 is 1.11 bits per heavy atom. The molecule has 4 heterocycles. The fraction of sp³-hybridized carbons (Fsp3) is 0.150. The molecule has 1 aromatic carbocycles. The van der Waals surface area contributed by atoms with Gasteiger partial charge in [-0.3, -0.25) is 9.67 Å². The van der Waals surface area contributed by atoms with Crippen LogP contribution in [0.5, 0.6) is 0 Å². The minimum Gasteiger partial charge on any atom is -0.321 e. The molecular weight excluding hydrogens is 352 g/mol. The molecular formula is C20H18N8. The summed E-state index contributed by atoms with van der Waals surface area (Å²) >= 11 is 0. The molecule has 1 N–H and O–H groups in total. The summed E-state index contributed by atoms with van der Waals surface area (Å²) in [5.41, 5.74) is 4.36. The largest absolute Gasteiger partial charge is 0.321 e. The minimum atomic E-state index is 0.506. The Labute approximate surface area is 160 Å². The van der Waals surface area contributed by atoms with E-state index >= 15 is 0 Å². The highest BCUT2D eigenvalue weighted by molar-refractivity contribution is 5.83. The number of nitrogens with one attached hydrogen (secondary N) is 1. The van der Waals surface area contributed by atoms with E-state index in [9.17, 15) is 0 Å². The lowest BCUT2D eigenvalue weighted by molar-refractivity contribution is 0.660. The van der Waals surface area contributed by atoms with E-state index in [2.05, 4.69) is 31.5 Å². The maximum Gasteiger partial charge on any atom is 0.229 e. The van der Waals surface area contributed by atoms with E-state index in [1.165, 1.54) is 0 Å². The highest BCUT2D eigenvalue weighted by Crippen LogP contribution is 2.23. The van der Waals surface area contributed by atoms with Crippen molar-refractivity contribution in [1.29, 1.82) is 0 Å². The molecule has 0 aliphatic carbocycles. The molecule has 0 amide bonds. The molecule has 0 fully saturated rings. The summed E-state index contributed by atoms with van der Waals surface area (Å²) in [5.74, 6) is 0.506. The molecule has 0 saturated carbocycles. The average molecular weight is 370 g/mol. The van der Waals surface area contributed by atoms with Gasteiger partial charge in [-0.05, 0) is 38.1 Å². The highest BCUT2D eigenvalue weighted by atomic mass is 15.3. The molecule has 0 bridgehead atoms. The first kappa shape index (κ1) is 16.4. The van der Waals surface area contributed by atoms with E-state index < -0.39 is 0 Å². The lowest BCUT2D eigenvalue weighted by atomic mass is 10.2. The van der Waals surface area contributed by atoms with E-state index in [0.29, 0.717) is 5.95 Å². The Kier molecular flexibility index (Phi) is 3.75. The van der Waals surface area contributed by atoms with Crippen LogP contribution in [-0.2, 0) is 6.54 Å². The maximum atomic E-state index is 4.71. The van der Waals surface area contributed by atoms with Crippen LogP contribution in [0.3, 0.4) is 0 Å². The lowest BCUT2D eigenvalue weighted by Crippen LogP contribution is -2.01. The SMILES string of the molecule is CCn1cc(Nc2ncc3c(C)nn(-c4ccc5ncccc5c4)c3n2)cn1. The van der Waals surface area contributed by atoms with E-state index in [4.69, 9.17) is 4.98 Å². The van der Waals surface area contributed by atoms with Crippen molar-refractivity contribution in [3.8, 4) is 5.69 Å². The van der Waals surface area contributed by atoms with Crippen molar-refractivity contribution in [2.75, 3.05) is 5.32 Å². The maximum absolute atomic E-state index is 4.71. The summed E-state index contributed by atoms with van der Waals surface area (Å²) in [6.07, 6.45) is 7.28. The monoisotopic (exact) mass is 370 g/mol. The number of pyridine rings is 1. The summed E-state index contributed by atoms with van der Waals surface area (Å²) < 4.78 is 3.69. The molecule has 8 nitrogen and oxygen atoms in total. The predicted molar refractivity (Wildman–Crippen MR) is 108 cm³/mol. The second kappa shape index (κ2) is 6.41. The summed E-state index contributed by atoms with van der Waals surface area (Å²) in [6.45, 7) is 4.81. The van der Waals surface area contributed by atoms with Crippen LogP contribution in [0.15, 0.2) is 55.1 Å². The van der Waals surface area contributed by atoms with Crippen LogP contribution < -0.4 is 5.32 Å². The quantitative estimate of drug-likeness (QED) is 0.520. The van der Waals surface area contributed by atoms with Gasteiger partial charge in [0.15, 0.2) is 5.65 Å². The van der Waals surface area contributed by atoms with E-state index in [1.54, 1.807) is 18.6 Å². The van der Waals surface area contributed by atoms with Crippen LogP contribution in [0.2, 0.25) is 0 Å². The third-order valence-corrected chi connectivity index (χ3v) is 4.65. The van der Waals surface area contributed by atoms with Crippen molar-refractivity contribution in [1.82, 2.24) is 34.5 Å². The normalized spacial score (nSPS) is 11.4. The van der Waals surface area contributed by atoms with Crippen molar-refractivity contribution in [2.45, 2.75) is 20.4 Å². The topological polar surface area (TPSA) is 86.3 Å². The number of nitrogens with zero attached hydrogens (tertiary/aromatic N) is 7. The molecule has 8 heteroatoms. The zero-order chi connectivity index (χ0) is 19.1.